The van der Waals surface area contributed by atoms with Gasteiger partial charge >= 0.3 is 0 Å². The molecule has 100 valence electrons. The van der Waals surface area contributed by atoms with E-state index in [9.17, 15) is 4.79 Å². The van der Waals surface area contributed by atoms with Crippen LogP contribution in [0.15, 0.2) is 30.6 Å². The number of carbonyl (C=O) groups is 1. The number of aromatic nitrogens is 2. The minimum absolute atomic E-state index is 0.383. The van der Waals surface area contributed by atoms with Crippen molar-refractivity contribution < 1.29 is 9.53 Å². The van der Waals surface area contributed by atoms with Gasteiger partial charge in [0.2, 0.25) is 0 Å². The molecule has 1 aromatic carbocycles. The lowest BCUT2D eigenvalue weighted by Gasteiger charge is -2.10. The number of carbonyl (C=O) groups excluding carboxylic acids is 1. The maximum atomic E-state index is 11.0. The number of nitrogens with two attached hydrogens (primary N) is 2. The van der Waals surface area contributed by atoms with Crippen molar-refractivity contribution in [2.75, 3.05) is 7.11 Å². The minimum atomic E-state index is -0.492. The molecule has 0 aliphatic carbocycles. The Morgan fingerprint density at radius 2 is 2.26 bits per heavy atom. The van der Waals surface area contributed by atoms with Crippen LogP contribution >= 0.6 is 0 Å². The molecule has 6 heteroatoms. The molecule has 1 amide bonds. The molecule has 0 atom stereocenters. The van der Waals surface area contributed by atoms with Crippen LogP contribution in [-0.2, 0) is 13.1 Å². The van der Waals surface area contributed by atoms with Crippen molar-refractivity contribution in [3.63, 3.8) is 0 Å². The summed E-state index contributed by atoms with van der Waals surface area (Å²) in [5.74, 6) is 0.266. The number of hydrogen-bond donors (Lipinski definition) is 2. The minimum Gasteiger partial charge on any atom is -0.496 e. The fraction of sp³-hybridized carbons (Fsp3) is 0.231. The van der Waals surface area contributed by atoms with Gasteiger partial charge in [-0.1, -0.05) is 6.07 Å². The average Bonchev–Trinajstić information content (AvgIpc) is 2.87. The van der Waals surface area contributed by atoms with E-state index in [1.165, 1.54) is 6.20 Å². The summed E-state index contributed by atoms with van der Waals surface area (Å²) in [4.78, 5) is 11.0. The van der Waals surface area contributed by atoms with Crippen LogP contribution in [0.5, 0.6) is 5.75 Å². The zero-order chi connectivity index (χ0) is 13.8. The first kappa shape index (κ1) is 13.1. The average molecular weight is 260 g/mol. The number of primary amides is 1. The van der Waals surface area contributed by atoms with Crippen LogP contribution in [0, 0.1) is 0 Å². The van der Waals surface area contributed by atoms with Crippen LogP contribution in [0.25, 0.3) is 0 Å². The molecule has 0 saturated carbocycles. The molecule has 0 spiro atoms. The van der Waals surface area contributed by atoms with E-state index in [0.29, 0.717) is 18.7 Å². The molecule has 1 aromatic heterocycles. The second-order valence-electron chi connectivity index (χ2n) is 4.14. The third-order valence-electron chi connectivity index (χ3n) is 2.83. The zero-order valence-corrected chi connectivity index (χ0v) is 10.7. The summed E-state index contributed by atoms with van der Waals surface area (Å²) in [6.07, 6.45) is 3.05. The number of amides is 1. The lowest BCUT2D eigenvalue weighted by atomic mass is 10.1. The van der Waals surface area contributed by atoms with Gasteiger partial charge in [0.1, 0.15) is 5.75 Å². The number of nitrogens with zero attached hydrogens (tertiary/aromatic N) is 2. The Hall–Kier alpha value is -2.34. The van der Waals surface area contributed by atoms with E-state index >= 15 is 0 Å². The second-order valence-corrected chi connectivity index (χ2v) is 4.14. The number of benzene rings is 1. The van der Waals surface area contributed by atoms with Crippen molar-refractivity contribution in [2.24, 2.45) is 11.5 Å². The third-order valence-corrected chi connectivity index (χ3v) is 2.83. The summed E-state index contributed by atoms with van der Waals surface area (Å²) in [7, 11) is 1.61. The summed E-state index contributed by atoms with van der Waals surface area (Å²) in [6, 6.07) is 5.75. The van der Waals surface area contributed by atoms with Crippen LogP contribution in [0.4, 0.5) is 0 Å². The van der Waals surface area contributed by atoms with Gasteiger partial charge < -0.3 is 16.2 Å². The Kier molecular flexibility index (Phi) is 3.82. The van der Waals surface area contributed by atoms with Crippen LogP contribution in [0.1, 0.15) is 21.5 Å². The maximum absolute atomic E-state index is 11.0. The highest BCUT2D eigenvalue weighted by molar-refractivity contribution is 5.92. The van der Waals surface area contributed by atoms with Gasteiger partial charge in [-0.25, -0.2) is 0 Å². The molecule has 0 unspecified atom stereocenters. The smallest absolute Gasteiger partial charge is 0.251 e. The number of hydrogen-bond acceptors (Lipinski definition) is 4. The van der Waals surface area contributed by atoms with Crippen LogP contribution < -0.4 is 16.2 Å². The van der Waals surface area contributed by atoms with E-state index in [4.69, 9.17) is 16.2 Å². The number of methoxy groups -OCH3 is 1. The molecule has 2 rings (SSSR count). The van der Waals surface area contributed by atoms with Gasteiger partial charge in [-0.05, 0) is 17.7 Å². The molecule has 6 nitrogen and oxygen atoms in total. The molecule has 2 aromatic rings. The molecule has 19 heavy (non-hydrogen) atoms. The Labute approximate surface area is 111 Å². The van der Waals surface area contributed by atoms with Crippen LogP contribution in [0.3, 0.4) is 0 Å². The quantitative estimate of drug-likeness (QED) is 0.818. The molecule has 0 aliphatic rings. The van der Waals surface area contributed by atoms with Crippen molar-refractivity contribution in [1.82, 2.24) is 9.78 Å². The predicted octanol–water partition coefficient (Wildman–Crippen LogP) is 0.498. The van der Waals surface area contributed by atoms with Crippen molar-refractivity contribution in [3.05, 3.63) is 47.3 Å². The summed E-state index contributed by atoms with van der Waals surface area (Å²) >= 11 is 0. The molecule has 0 radical (unpaired) electrons. The fourth-order valence-electron chi connectivity index (χ4n) is 1.83. The first-order valence-corrected chi connectivity index (χ1v) is 5.82. The number of rotatable bonds is 5. The molecule has 0 fully saturated rings. The molecule has 4 N–H and O–H groups in total. The van der Waals surface area contributed by atoms with Gasteiger partial charge in [0.15, 0.2) is 0 Å². The lowest BCUT2D eigenvalue weighted by Crippen LogP contribution is -2.10. The lowest BCUT2D eigenvalue weighted by molar-refractivity contribution is 0.1000. The Morgan fingerprint density at radius 1 is 1.47 bits per heavy atom. The highest BCUT2D eigenvalue weighted by atomic mass is 16.5. The van der Waals surface area contributed by atoms with E-state index in [0.717, 1.165) is 16.9 Å². The van der Waals surface area contributed by atoms with Crippen molar-refractivity contribution in [2.45, 2.75) is 13.1 Å². The first-order valence-electron chi connectivity index (χ1n) is 5.82. The fourth-order valence-corrected chi connectivity index (χ4v) is 1.83. The van der Waals surface area contributed by atoms with Crippen molar-refractivity contribution in [3.8, 4) is 5.75 Å². The third kappa shape index (κ3) is 2.92. The van der Waals surface area contributed by atoms with Crippen molar-refractivity contribution >= 4 is 5.91 Å². The van der Waals surface area contributed by atoms with Gasteiger partial charge in [0.05, 0.1) is 25.4 Å². The molecule has 0 saturated heterocycles. The first-order chi connectivity index (χ1) is 9.13. The molecular formula is C13H16N4O2. The van der Waals surface area contributed by atoms with Gasteiger partial charge in [-0.3, -0.25) is 9.48 Å². The van der Waals surface area contributed by atoms with E-state index in [1.807, 2.05) is 18.2 Å². The standard InChI is InChI=1S/C13H16N4O2/c1-19-12-3-2-9(5-14)4-10(12)7-17-8-11(6-16-17)13(15)18/h2-4,6,8H,5,7,14H2,1H3,(H2,15,18). The topological polar surface area (TPSA) is 96.2 Å². The zero-order valence-electron chi connectivity index (χ0n) is 10.7. The maximum Gasteiger partial charge on any atom is 0.251 e. The summed E-state index contributed by atoms with van der Waals surface area (Å²) in [5.41, 5.74) is 13.2. The van der Waals surface area contributed by atoms with Gasteiger partial charge in [-0.15, -0.1) is 0 Å². The largest absolute Gasteiger partial charge is 0.496 e. The Balaban J connectivity index is 2.27. The summed E-state index contributed by atoms with van der Waals surface area (Å²) < 4.78 is 6.93. The normalized spacial score (nSPS) is 10.4. The predicted molar refractivity (Wildman–Crippen MR) is 70.7 cm³/mol. The van der Waals surface area contributed by atoms with Gasteiger partial charge in [0.25, 0.3) is 5.91 Å². The summed E-state index contributed by atoms with van der Waals surface area (Å²) in [5, 5.41) is 4.09. The van der Waals surface area contributed by atoms with Crippen molar-refractivity contribution in [1.29, 1.82) is 0 Å². The molecule has 0 bridgehead atoms. The Bertz CT molecular complexity index is 592. The SMILES string of the molecule is COc1ccc(CN)cc1Cn1cc(C(N)=O)cn1. The van der Waals surface area contributed by atoms with E-state index in [-0.39, 0.29) is 0 Å². The second kappa shape index (κ2) is 5.53. The summed E-state index contributed by atoms with van der Waals surface area (Å²) in [6.45, 7) is 0.951. The van der Waals surface area contributed by atoms with Gasteiger partial charge in [0, 0.05) is 18.3 Å². The van der Waals surface area contributed by atoms with E-state index < -0.39 is 5.91 Å². The highest BCUT2D eigenvalue weighted by Crippen LogP contribution is 2.20. The molecular weight excluding hydrogens is 244 g/mol. The van der Waals surface area contributed by atoms with E-state index in [1.54, 1.807) is 18.0 Å². The highest BCUT2D eigenvalue weighted by Gasteiger charge is 2.08. The van der Waals surface area contributed by atoms with Crippen LogP contribution in [0.2, 0.25) is 0 Å². The van der Waals surface area contributed by atoms with Crippen LogP contribution in [-0.4, -0.2) is 22.8 Å². The number of ether oxygens (including phenoxy) is 1. The van der Waals surface area contributed by atoms with Gasteiger partial charge in [-0.2, -0.15) is 5.10 Å². The Morgan fingerprint density at radius 3 is 2.84 bits per heavy atom. The molecule has 1 heterocycles. The van der Waals surface area contributed by atoms with E-state index in [2.05, 4.69) is 5.10 Å². The monoisotopic (exact) mass is 260 g/mol. The molecule has 0 aliphatic heterocycles.